The zero-order valence-electron chi connectivity index (χ0n) is 20.3. The highest BCUT2D eigenvalue weighted by atomic mass is 35.5. The number of halogens is 1. The number of imide groups is 1. The van der Waals surface area contributed by atoms with Crippen molar-refractivity contribution in [1.82, 2.24) is 0 Å². The lowest BCUT2D eigenvalue weighted by Gasteiger charge is -2.28. The average Bonchev–Trinajstić information content (AvgIpc) is 3.44. The van der Waals surface area contributed by atoms with Crippen molar-refractivity contribution in [3.63, 3.8) is 0 Å². The molecule has 200 valence electrons. The van der Waals surface area contributed by atoms with Gasteiger partial charge in [0.05, 0.1) is 47.1 Å². The third kappa shape index (κ3) is 4.27. The minimum atomic E-state index is -1.37. The first kappa shape index (κ1) is 25.9. The fraction of sp³-hybridized carbons (Fsp3) is 0.200. The maximum Gasteiger partial charge on any atom is 0.278 e. The molecule has 14 heteroatoms. The Morgan fingerprint density at radius 1 is 0.872 bits per heavy atom. The quantitative estimate of drug-likeness (QED) is 0.235. The molecule has 5 rings (SSSR count). The number of fused-ring (bicyclic) bond motifs is 1. The number of amides is 2. The number of nitro groups is 2. The van der Waals surface area contributed by atoms with Crippen molar-refractivity contribution < 1.29 is 33.7 Å². The SMILES string of the molecule is COc1cc([C@@H]2[C@@H]3C(=O)N(c4ccc(Cl)cc4)C(=O)[C@@H]3ON2c2cccc([N+](=O)[O-])c2)c([N+](=O)[O-])cc1OC. The van der Waals surface area contributed by atoms with Crippen LogP contribution in [0.1, 0.15) is 11.6 Å². The zero-order valence-corrected chi connectivity index (χ0v) is 21.1. The van der Waals surface area contributed by atoms with Crippen molar-refractivity contribution >= 4 is 46.2 Å². The molecule has 0 unspecified atom stereocenters. The highest BCUT2D eigenvalue weighted by Crippen LogP contribution is 2.51. The van der Waals surface area contributed by atoms with Crippen molar-refractivity contribution in [3.05, 3.63) is 91.5 Å². The first-order chi connectivity index (χ1) is 18.7. The van der Waals surface area contributed by atoms with Gasteiger partial charge >= 0.3 is 0 Å². The molecule has 2 saturated heterocycles. The minimum Gasteiger partial charge on any atom is -0.493 e. The number of non-ortho nitro benzene ring substituents is 1. The van der Waals surface area contributed by atoms with E-state index in [2.05, 4.69) is 0 Å². The van der Waals surface area contributed by atoms with E-state index in [1.807, 2.05) is 0 Å². The van der Waals surface area contributed by atoms with Crippen LogP contribution < -0.4 is 19.4 Å². The molecule has 2 heterocycles. The summed E-state index contributed by atoms with van der Waals surface area (Å²) in [4.78, 5) is 56.6. The molecule has 2 aliphatic rings. The van der Waals surface area contributed by atoms with E-state index < -0.39 is 45.4 Å². The van der Waals surface area contributed by atoms with Gasteiger partial charge in [-0.3, -0.25) is 34.7 Å². The Morgan fingerprint density at radius 2 is 1.54 bits per heavy atom. The molecule has 2 fully saturated rings. The van der Waals surface area contributed by atoms with Gasteiger partial charge in [0.1, 0.15) is 12.0 Å². The van der Waals surface area contributed by atoms with Crippen LogP contribution in [-0.4, -0.2) is 42.0 Å². The fourth-order valence-electron chi connectivity index (χ4n) is 4.82. The number of anilines is 2. The summed E-state index contributed by atoms with van der Waals surface area (Å²) < 4.78 is 10.6. The Labute approximate surface area is 225 Å². The van der Waals surface area contributed by atoms with Gasteiger partial charge in [0.2, 0.25) is 5.91 Å². The van der Waals surface area contributed by atoms with Gasteiger partial charge in [-0.1, -0.05) is 17.7 Å². The number of methoxy groups -OCH3 is 2. The van der Waals surface area contributed by atoms with Gasteiger partial charge in [0.15, 0.2) is 17.6 Å². The maximum atomic E-state index is 13.8. The summed E-state index contributed by atoms with van der Waals surface area (Å²) in [5.41, 5.74) is -0.367. The number of carbonyl (C=O) groups excluding carboxylic acids is 2. The highest BCUT2D eigenvalue weighted by molar-refractivity contribution is 6.31. The highest BCUT2D eigenvalue weighted by Gasteiger charge is 2.61. The van der Waals surface area contributed by atoms with E-state index in [1.165, 1.54) is 68.8 Å². The van der Waals surface area contributed by atoms with Crippen LogP contribution in [0.5, 0.6) is 11.5 Å². The number of carbonyl (C=O) groups is 2. The van der Waals surface area contributed by atoms with Gasteiger partial charge in [-0.15, -0.1) is 0 Å². The molecular formula is C25H19ClN4O9. The Kier molecular flexibility index (Phi) is 6.54. The summed E-state index contributed by atoms with van der Waals surface area (Å²) in [6, 6.07) is 12.6. The predicted molar refractivity (Wildman–Crippen MR) is 137 cm³/mol. The molecule has 3 aromatic carbocycles. The molecular weight excluding hydrogens is 536 g/mol. The van der Waals surface area contributed by atoms with Crippen LogP contribution in [0, 0.1) is 26.1 Å². The summed E-state index contributed by atoms with van der Waals surface area (Å²) in [5, 5.41) is 25.1. The lowest BCUT2D eigenvalue weighted by atomic mass is 9.89. The Balaban J connectivity index is 1.70. The fourth-order valence-corrected chi connectivity index (χ4v) is 4.95. The third-order valence-electron chi connectivity index (χ3n) is 6.54. The van der Waals surface area contributed by atoms with Gasteiger partial charge in [-0.25, -0.2) is 9.96 Å². The third-order valence-corrected chi connectivity index (χ3v) is 6.80. The van der Waals surface area contributed by atoms with Crippen LogP contribution in [0.25, 0.3) is 0 Å². The number of nitro benzene ring substituents is 2. The summed E-state index contributed by atoms with van der Waals surface area (Å²) in [6.07, 6.45) is -1.37. The van der Waals surface area contributed by atoms with Gasteiger partial charge in [0, 0.05) is 17.2 Å². The molecule has 0 aliphatic carbocycles. The molecule has 0 saturated carbocycles. The van der Waals surface area contributed by atoms with E-state index in [-0.39, 0.29) is 34.1 Å². The van der Waals surface area contributed by atoms with Crippen molar-refractivity contribution in [2.45, 2.75) is 12.1 Å². The van der Waals surface area contributed by atoms with Crippen LogP contribution in [0.15, 0.2) is 60.7 Å². The summed E-state index contributed by atoms with van der Waals surface area (Å²) in [7, 11) is 2.65. The van der Waals surface area contributed by atoms with Gasteiger partial charge in [-0.05, 0) is 36.4 Å². The van der Waals surface area contributed by atoms with E-state index in [9.17, 15) is 29.8 Å². The number of hydrogen-bond acceptors (Lipinski definition) is 10. The first-order valence-corrected chi connectivity index (χ1v) is 11.8. The molecule has 0 N–H and O–H groups in total. The van der Waals surface area contributed by atoms with E-state index in [0.29, 0.717) is 5.02 Å². The molecule has 2 amide bonds. The lowest BCUT2D eigenvalue weighted by molar-refractivity contribution is -0.385. The van der Waals surface area contributed by atoms with Crippen molar-refractivity contribution in [2.75, 3.05) is 24.2 Å². The Morgan fingerprint density at radius 3 is 2.15 bits per heavy atom. The standard InChI is InChI=1S/C25H19ClN4O9/c1-37-19-11-17(18(30(35)36)12-20(19)38-2)22-21-23(39-28(22)15-4-3-5-16(10-15)29(33)34)25(32)27(24(21)31)14-8-6-13(26)7-9-14/h3-12,21-23H,1-2H3/t21-,22+,23+/m0/s1. The summed E-state index contributed by atoms with van der Waals surface area (Å²) in [6.45, 7) is 0. The average molecular weight is 555 g/mol. The molecule has 13 nitrogen and oxygen atoms in total. The largest absolute Gasteiger partial charge is 0.493 e. The molecule has 2 aliphatic heterocycles. The van der Waals surface area contributed by atoms with Gasteiger partial charge < -0.3 is 9.47 Å². The number of rotatable bonds is 7. The topological polar surface area (TPSA) is 155 Å². The summed E-state index contributed by atoms with van der Waals surface area (Å²) in [5.74, 6) is -2.42. The number of ether oxygens (including phenoxy) is 2. The smallest absolute Gasteiger partial charge is 0.278 e. The van der Waals surface area contributed by atoms with Crippen molar-refractivity contribution in [2.24, 2.45) is 5.92 Å². The van der Waals surface area contributed by atoms with E-state index in [4.69, 9.17) is 25.9 Å². The van der Waals surface area contributed by atoms with Crippen molar-refractivity contribution in [1.29, 1.82) is 0 Å². The number of hydrogen-bond donors (Lipinski definition) is 0. The van der Waals surface area contributed by atoms with Crippen molar-refractivity contribution in [3.8, 4) is 11.5 Å². The van der Waals surface area contributed by atoms with Gasteiger partial charge in [0.25, 0.3) is 17.3 Å². The monoisotopic (exact) mass is 554 g/mol. The molecule has 0 spiro atoms. The molecule has 0 aromatic heterocycles. The van der Waals surface area contributed by atoms with E-state index in [0.717, 1.165) is 16.0 Å². The second-order valence-electron chi connectivity index (χ2n) is 8.61. The number of benzene rings is 3. The second kappa shape index (κ2) is 9.85. The van der Waals surface area contributed by atoms with Crippen LogP contribution >= 0.6 is 11.6 Å². The molecule has 39 heavy (non-hydrogen) atoms. The first-order valence-electron chi connectivity index (χ1n) is 11.4. The van der Waals surface area contributed by atoms with Crippen LogP contribution in [0.2, 0.25) is 5.02 Å². The number of hydroxylamine groups is 1. The molecule has 0 radical (unpaired) electrons. The zero-order chi connectivity index (χ0) is 28.0. The summed E-state index contributed by atoms with van der Waals surface area (Å²) >= 11 is 5.96. The van der Waals surface area contributed by atoms with Gasteiger partial charge in [-0.2, -0.15) is 0 Å². The number of nitrogens with zero attached hydrogens (tertiary/aromatic N) is 4. The molecule has 3 atom stereocenters. The Hall–Kier alpha value is -4.75. The van der Waals surface area contributed by atoms with Crippen LogP contribution in [-0.2, 0) is 14.4 Å². The second-order valence-corrected chi connectivity index (χ2v) is 9.05. The minimum absolute atomic E-state index is 0.0178. The normalized spacial score (nSPS) is 20.2. The molecule has 0 bridgehead atoms. The maximum absolute atomic E-state index is 13.8. The predicted octanol–water partition coefficient (Wildman–Crippen LogP) is 4.22. The Bertz CT molecular complexity index is 1510. The van der Waals surface area contributed by atoms with Crippen LogP contribution in [0.4, 0.5) is 22.7 Å². The van der Waals surface area contributed by atoms with E-state index >= 15 is 0 Å². The molecule has 3 aromatic rings. The lowest BCUT2D eigenvalue weighted by Crippen LogP contribution is -2.37. The van der Waals surface area contributed by atoms with E-state index in [1.54, 1.807) is 0 Å². The van der Waals surface area contributed by atoms with Crippen LogP contribution in [0.3, 0.4) is 0 Å².